The van der Waals surface area contributed by atoms with E-state index in [9.17, 15) is 4.79 Å². The largest absolute Gasteiger partial charge is 0.492 e. The summed E-state index contributed by atoms with van der Waals surface area (Å²) in [4.78, 5) is 10.9. The minimum atomic E-state index is -0.907. The number of aliphatic carboxylic acids is 1. The normalized spacial score (nSPS) is 11.3. The molecule has 1 aromatic rings. The first-order valence-electron chi connectivity index (χ1n) is 5.21. The third kappa shape index (κ3) is 3.71. The maximum Gasteiger partial charge on any atom is 0.312 e. The Morgan fingerprint density at radius 2 is 2.18 bits per heavy atom. The lowest BCUT2D eigenvalue weighted by Gasteiger charge is -2.19. The van der Waals surface area contributed by atoms with Crippen molar-refractivity contribution in [3.05, 3.63) is 28.2 Å². The van der Waals surface area contributed by atoms with Gasteiger partial charge in [0.25, 0.3) is 0 Å². The van der Waals surface area contributed by atoms with Crippen molar-refractivity contribution >= 4 is 21.9 Å². The summed E-state index contributed by atoms with van der Waals surface area (Å²) in [5.41, 5.74) is 5.59. The zero-order valence-electron chi connectivity index (χ0n) is 9.87. The predicted molar refractivity (Wildman–Crippen MR) is 68.9 cm³/mol. The van der Waals surface area contributed by atoms with Gasteiger partial charge in [0, 0.05) is 11.0 Å². The summed E-state index contributed by atoms with van der Waals surface area (Å²) in [6.07, 6.45) is 0. The molecule has 0 radical (unpaired) electrons. The molecule has 0 fully saturated rings. The minimum absolute atomic E-state index is 0.119. The smallest absolute Gasteiger partial charge is 0.312 e. The second-order valence-corrected chi connectivity index (χ2v) is 5.29. The van der Waals surface area contributed by atoms with Gasteiger partial charge in [-0.15, -0.1) is 0 Å². The summed E-state index contributed by atoms with van der Waals surface area (Å²) in [5, 5.41) is 8.96. The highest BCUT2D eigenvalue weighted by molar-refractivity contribution is 9.10. The molecular formula is C12H16BrNO3. The number of hydrogen-bond donors (Lipinski definition) is 2. The lowest BCUT2D eigenvalue weighted by Crippen LogP contribution is -2.30. The molecular weight excluding hydrogens is 286 g/mol. The van der Waals surface area contributed by atoms with E-state index in [0.29, 0.717) is 12.3 Å². The van der Waals surface area contributed by atoms with Gasteiger partial charge in [-0.25, -0.2) is 0 Å². The van der Waals surface area contributed by atoms with Crippen LogP contribution < -0.4 is 10.5 Å². The fourth-order valence-corrected chi connectivity index (χ4v) is 1.53. The van der Waals surface area contributed by atoms with Crippen molar-refractivity contribution in [3.63, 3.8) is 0 Å². The molecule has 5 heteroatoms. The molecule has 0 bridgehead atoms. The van der Waals surface area contributed by atoms with Crippen LogP contribution in [0.1, 0.15) is 19.4 Å². The van der Waals surface area contributed by atoms with E-state index < -0.39 is 11.4 Å². The molecule has 0 aliphatic carbocycles. The second-order valence-electron chi connectivity index (χ2n) is 4.44. The van der Waals surface area contributed by atoms with E-state index in [1.54, 1.807) is 19.9 Å². The monoisotopic (exact) mass is 301 g/mol. The van der Waals surface area contributed by atoms with Gasteiger partial charge in [-0.3, -0.25) is 4.79 Å². The first-order chi connectivity index (χ1) is 7.86. The topological polar surface area (TPSA) is 72.5 Å². The highest BCUT2D eigenvalue weighted by atomic mass is 79.9. The molecule has 0 spiro atoms. The van der Waals surface area contributed by atoms with Crippen molar-refractivity contribution < 1.29 is 14.6 Å². The maximum atomic E-state index is 10.9. The van der Waals surface area contributed by atoms with Crippen molar-refractivity contribution in [2.75, 3.05) is 6.61 Å². The first kappa shape index (κ1) is 14.0. The summed E-state index contributed by atoms with van der Waals surface area (Å²) in [5.74, 6) is -0.253. The molecule has 0 heterocycles. The average Bonchev–Trinajstić information content (AvgIpc) is 2.28. The first-order valence-corrected chi connectivity index (χ1v) is 6.01. The molecule has 0 saturated carbocycles. The van der Waals surface area contributed by atoms with Crippen LogP contribution in [-0.2, 0) is 11.3 Å². The Balaban J connectivity index is 2.73. The van der Waals surface area contributed by atoms with Crippen LogP contribution in [0.15, 0.2) is 22.7 Å². The Bertz CT molecular complexity index is 418. The highest BCUT2D eigenvalue weighted by Gasteiger charge is 2.28. The van der Waals surface area contributed by atoms with Crippen LogP contribution in [0.3, 0.4) is 0 Å². The molecule has 0 aromatic heterocycles. The molecule has 0 aliphatic rings. The van der Waals surface area contributed by atoms with Gasteiger partial charge >= 0.3 is 5.97 Å². The van der Waals surface area contributed by atoms with Crippen LogP contribution in [-0.4, -0.2) is 17.7 Å². The van der Waals surface area contributed by atoms with E-state index in [0.717, 1.165) is 10.0 Å². The molecule has 17 heavy (non-hydrogen) atoms. The number of rotatable bonds is 5. The number of ether oxygens (including phenoxy) is 1. The fourth-order valence-electron chi connectivity index (χ4n) is 1.12. The van der Waals surface area contributed by atoms with Gasteiger partial charge < -0.3 is 15.6 Å². The van der Waals surface area contributed by atoms with E-state index >= 15 is 0 Å². The van der Waals surface area contributed by atoms with Crippen LogP contribution in [0.5, 0.6) is 5.75 Å². The fraction of sp³-hybridized carbons (Fsp3) is 0.417. The van der Waals surface area contributed by atoms with E-state index in [-0.39, 0.29) is 6.61 Å². The van der Waals surface area contributed by atoms with Crippen molar-refractivity contribution in [2.24, 2.45) is 11.1 Å². The average molecular weight is 302 g/mol. The van der Waals surface area contributed by atoms with E-state index in [1.807, 2.05) is 12.1 Å². The Morgan fingerprint density at radius 3 is 2.71 bits per heavy atom. The number of hydrogen-bond acceptors (Lipinski definition) is 3. The summed E-state index contributed by atoms with van der Waals surface area (Å²) in [6.45, 7) is 3.77. The molecule has 0 aliphatic heterocycles. The number of carboxylic acid groups (broad SMARTS) is 1. The van der Waals surface area contributed by atoms with Crippen LogP contribution >= 0.6 is 15.9 Å². The number of carbonyl (C=O) groups is 1. The lowest BCUT2D eigenvalue weighted by molar-refractivity contribution is -0.148. The second kappa shape index (κ2) is 5.51. The molecule has 1 rings (SSSR count). The third-order valence-corrected chi connectivity index (χ3v) is 3.19. The van der Waals surface area contributed by atoms with Crippen molar-refractivity contribution in [1.82, 2.24) is 0 Å². The molecule has 3 N–H and O–H groups in total. The molecule has 0 saturated heterocycles. The number of benzene rings is 1. The van der Waals surface area contributed by atoms with E-state index in [2.05, 4.69) is 15.9 Å². The van der Waals surface area contributed by atoms with Gasteiger partial charge in [-0.05, 0) is 37.6 Å². The van der Waals surface area contributed by atoms with Crippen molar-refractivity contribution in [3.8, 4) is 5.75 Å². The van der Waals surface area contributed by atoms with Crippen LogP contribution in [0.2, 0.25) is 0 Å². The standard InChI is InChI=1S/C12H16BrNO3/c1-12(2,11(15)16)7-17-9-3-4-10(13)8(5-9)6-14/h3-5H,6-7,14H2,1-2H3,(H,15,16). The molecule has 4 nitrogen and oxygen atoms in total. The van der Waals surface area contributed by atoms with Crippen molar-refractivity contribution in [1.29, 1.82) is 0 Å². The molecule has 0 amide bonds. The summed E-state index contributed by atoms with van der Waals surface area (Å²) >= 11 is 3.37. The maximum absolute atomic E-state index is 10.9. The Kier molecular flexibility index (Phi) is 4.54. The van der Waals surface area contributed by atoms with E-state index in [4.69, 9.17) is 15.6 Å². The number of nitrogens with two attached hydrogens (primary N) is 1. The molecule has 0 atom stereocenters. The zero-order valence-corrected chi connectivity index (χ0v) is 11.5. The highest BCUT2D eigenvalue weighted by Crippen LogP contribution is 2.24. The summed E-state index contributed by atoms with van der Waals surface area (Å²) in [6, 6.07) is 5.43. The van der Waals surface area contributed by atoms with Crippen LogP contribution in [0, 0.1) is 5.41 Å². The van der Waals surface area contributed by atoms with Gasteiger partial charge in [0.05, 0.1) is 5.41 Å². The Hall–Kier alpha value is -1.07. The van der Waals surface area contributed by atoms with E-state index in [1.165, 1.54) is 0 Å². The SMILES string of the molecule is CC(C)(COc1ccc(Br)c(CN)c1)C(=O)O. The Labute approximate surface area is 109 Å². The molecule has 94 valence electrons. The summed E-state index contributed by atoms with van der Waals surface area (Å²) in [7, 11) is 0. The van der Waals surface area contributed by atoms with Gasteiger partial charge in [0.1, 0.15) is 12.4 Å². The number of halogens is 1. The quantitative estimate of drug-likeness (QED) is 0.876. The summed E-state index contributed by atoms with van der Waals surface area (Å²) < 4.78 is 6.39. The minimum Gasteiger partial charge on any atom is -0.492 e. The van der Waals surface area contributed by atoms with Gasteiger partial charge in [-0.2, -0.15) is 0 Å². The predicted octanol–water partition coefficient (Wildman–Crippen LogP) is 2.40. The molecule has 0 unspecified atom stereocenters. The van der Waals surface area contributed by atoms with Crippen LogP contribution in [0.25, 0.3) is 0 Å². The third-order valence-electron chi connectivity index (χ3n) is 2.42. The number of carboxylic acids is 1. The lowest BCUT2D eigenvalue weighted by atomic mass is 9.95. The van der Waals surface area contributed by atoms with Gasteiger partial charge in [-0.1, -0.05) is 15.9 Å². The van der Waals surface area contributed by atoms with Gasteiger partial charge in [0.15, 0.2) is 0 Å². The van der Waals surface area contributed by atoms with Crippen LogP contribution in [0.4, 0.5) is 0 Å². The zero-order chi connectivity index (χ0) is 13.1. The van der Waals surface area contributed by atoms with Crippen molar-refractivity contribution in [2.45, 2.75) is 20.4 Å². The van der Waals surface area contributed by atoms with Gasteiger partial charge in [0.2, 0.25) is 0 Å². The molecule has 1 aromatic carbocycles. The Morgan fingerprint density at radius 1 is 1.53 bits per heavy atom.